The molecule has 1 fully saturated rings. The van der Waals surface area contributed by atoms with Gasteiger partial charge < -0.3 is 15.2 Å². The van der Waals surface area contributed by atoms with Gasteiger partial charge in [0.1, 0.15) is 0 Å². The van der Waals surface area contributed by atoms with Crippen LogP contribution in [-0.4, -0.2) is 23.1 Å². The van der Waals surface area contributed by atoms with E-state index in [-0.39, 0.29) is 5.91 Å². The molecule has 4 nitrogen and oxygen atoms in total. The predicted molar refractivity (Wildman–Crippen MR) is 85.1 cm³/mol. The number of nitrogens with one attached hydrogen (secondary N) is 2. The van der Waals surface area contributed by atoms with Gasteiger partial charge in [0.15, 0.2) is 0 Å². The Hall–Kier alpha value is -1.81. The summed E-state index contributed by atoms with van der Waals surface area (Å²) in [6.45, 7) is 4.68. The van der Waals surface area contributed by atoms with Crippen LogP contribution in [0.1, 0.15) is 31.7 Å². The molecule has 0 saturated heterocycles. The first-order valence-electron chi connectivity index (χ1n) is 7.84. The smallest absolute Gasteiger partial charge is 0.222 e. The maximum absolute atomic E-state index is 11.8. The number of para-hydroxylation sites is 1. The molecule has 2 aromatic rings. The molecule has 4 heteroatoms. The fourth-order valence-corrected chi connectivity index (χ4v) is 2.68. The summed E-state index contributed by atoms with van der Waals surface area (Å²) in [4.78, 5) is 11.8. The highest BCUT2D eigenvalue weighted by Crippen LogP contribution is 2.21. The number of aromatic nitrogens is 1. The van der Waals surface area contributed by atoms with Gasteiger partial charge in [0, 0.05) is 31.7 Å². The fraction of sp³-hybridized carbons (Fsp3) is 0.471. The van der Waals surface area contributed by atoms with Crippen molar-refractivity contribution in [3.8, 4) is 0 Å². The Morgan fingerprint density at radius 1 is 1.33 bits per heavy atom. The zero-order valence-corrected chi connectivity index (χ0v) is 12.6. The molecule has 1 aromatic carbocycles. The summed E-state index contributed by atoms with van der Waals surface area (Å²) < 4.78 is 2.20. The van der Waals surface area contributed by atoms with E-state index in [1.807, 2.05) is 0 Å². The maximum atomic E-state index is 11.8. The van der Waals surface area contributed by atoms with Crippen molar-refractivity contribution < 1.29 is 4.79 Å². The quantitative estimate of drug-likeness (QED) is 0.820. The van der Waals surface area contributed by atoms with E-state index in [9.17, 15) is 4.79 Å². The zero-order valence-electron chi connectivity index (χ0n) is 12.6. The van der Waals surface area contributed by atoms with Crippen LogP contribution in [0.15, 0.2) is 30.5 Å². The number of carbonyl (C=O) groups excluding carboxylic acids is 1. The topological polar surface area (TPSA) is 46.1 Å². The molecule has 112 valence electrons. The third-order valence-corrected chi connectivity index (χ3v) is 3.96. The van der Waals surface area contributed by atoms with Gasteiger partial charge in [-0.1, -0.05) is 25.1 Å². The van der Waals surface area contributed by atoms with Gasteiger partial charge in [0.05, 0.1) is 5.52 Å². The molecule has 2 N–H and O–H groups in total. The molecule has 0 radical (unpaired) electrons. The van der Waals surface area contributed by atoms with Crippen LogP contribution in [0.25, 0.3) is 10.9 Å². The van der Waals surface area contributed by atoms with Crippen LogP contribution >= 0.6 is 0 Å². The monoisotopic (exact) mass is 285 g/mol. The van der Waals surface area contributed by atoms with E-state index in [2.05, 4.69) is 52.6 Å². The molecule has 0 aliphatic heterocycles. The van der Waals surface area contributed by atoms with E-state index in [0.29, 0.717) is 12.5 Å². The fourth-order valence-electron chi connectivity index (χ4n) is 2.68. The molecule has 1 aliphatic rings. The lowest BCUT2D eigenvalue weighted by Gasteiger charge is -2.10. The highest BCUT2D eigenvalue weighted by molar-refractivity contribution is 5.83. The number of rotatable bonds is 7. The molecule has 21 heavy (non-hydrogen) atoms. The minimum absolute atomic E-state index is 0.170. The van der Waals surface area contributed by atoms with Crippen molar-refractivity contribution in [3.05, 3.63) is 36.0 Å². The van der Waals surface area contributed by atoms with E-state index in [0.717, 1.165) is 32.5 Å². The summed E-state index contributed by atoms with van der Waals surface area (Å²) in [6, 6.07) is 8.96. The molecule has 0 atom stereocenters. The Morgan fingerprint density at radius 3 is 2.95 bits per heavy atom. The van der Waals surface area contributed by atoms with Crippen LogP contribution in [0.4, 0.5) is 0 Å². The third-order valence-electron chi connectivity index (χ3n) is 3.96. The van der Waals surface area contributed by atoms with Crippen LogP contribution in [0.3, 0.4) is 0 Å². The summed E-state index contributed by atoms with van der Waals surface area (Å²) in [5.74, 6) is 0.170. The minimum Gasteiger partial charge on any atom is -0.353 e. The first-order chi connectivity index (χ1) is 10.3. The van der Waals surface area contributed by atoms with Crippen molar-refractivity contribution in [2.45, 2.75) is 45.3 Å². The second kappa shape index (κ2) is 6.31. The SMILES string of the molecule is CCNCc1cccc2ccn(CCC(=O)NC3CC3)c12. The van der Waals surface area contributed by atoms with Gasteiger partial charge in [-0.15, -0.1) is 0 Å². The second-order valence-corrected chi connectivity index (χ2v) is 5.74. The molecule has 0 unspecified atom stereocenters. The molecule has 1 heterocycles. The number of nitrogens with zero attached hydrogens (tertiary/aromatic N) is 1. The molecule has 1 aromatic heterocycles. The van der Waals surface area contributed by atoms with E-state index in [1.54, 1.807) is 0 Å². The summed E-state index contributed by atoms with van der Waals surface area (Å²) in [6.07, 6.45) is 4.93. The van der Waals surface area contributed by atoms with Gasteiger partial charge in [0.2, 0.25) is 5.91 Å². The molecule has 1 saturated carbocycles. The van der Waals surface area contributed by atoms with Crippen LogP contribution in [-0.2, 0) is 17.9 Å². The maximum Gasteiger partial charge on any atom is 0.222 e. The number of hydrogen-bond acceptors (Lipinski definition) is 2. The Kier molecular flexibility index (Phi) is 4.25. The molecule has 1 aliphatic carbocycles. The Bertz CT molecular complexity index is 628. The second-order valence-electron chi connectivity index (χ2n) is 5.74. The average Bonchev–Trinajstić information content (AvgIpc) is 3.20. The lowest BCUT2D eigenvalue weighted by molar-refractivity contribution is -0.121. The third kappa shape index (κ3) is 3.45. The minimum atomic E-state index is 0.170. The van der Waals surface area contributed by atoms with Crippen LogP contribution in [0, 0.1) is 0 Å². The normalized spacial score (nSPS) is 14.5. The van der Waals surface area contributed by atoms with Crippen molar-refractivity contribution >= 4 is 16.8 Å². The van der Waals surface area contributed by atoms with E-state index in [1.165, 1.54) is 16.5 Å². The van der Waals surface area contributed by atoms with Gasteiger partial charge in [0.25, 0.3) is 0 Å². The highest BCUT2D eigenvalue weighted by Gasteiger charge is 2.22. The Balaban J connectivity index is 1.72. The number of hydrogen-bond donors (Lipinski definition) is 2. The standard InChI is InChI=1S/C17H23N3O/c1-2-18-12-14-5-3-4-13-8-10-20(17(13)14)11-9-16(21)19-15-6-7-15/h3-5,8,10,15,18H,2,6-7,9,11-12H2,1H3,(H,19,21). The summed E-state index contributed by atoms with van der Waals surface area (Å²) in [5, 5.41) is 7.67. The molecular weight excluding hydrogens is 262 g/mol. The van der Waals surface area contributed by atoms with Crippen LogP contribution in [0.2, 0.25) is 0 Å². The number of aryl methyl sites for hydroxylation is 1. The Morgan fingerprint density at radius 2 is 2.19 bits per heavy atom. The highest BCUT2D eigenvalue weighted by atomic mass is 16.1. The van der Waals surface area contributed by atoms with Gasteiger partial charge in [-0.25, -0.2) is 0 Å². The molecule has 3 rings (SSSR count). The predicted octanol–water partition coefficient (Wildman–Crippen LogP) is 2.42. The van der Waals surface area contributed by atoms with E-state index >= 15 is 0 Å². The van der Waals surface area contributed by atoms with Gasteiger partial charge in [-0.05, 0) is 36.4 Å². The summed E-state index contributed by atoms with van der Waals surface area (Å²) in [7, 11) is 0. The first kappa shape index (κ1) is 14.1. The van der Waals surface area contributed by atoms with E-state index < -0.39 is 0 Å². The van der Waals surface area contributed by atoms with Crippen molar-refractivity contribution in [2.75, 3.05) is 6.54 Å². The number of benzene rings is 1. The number of carbonyl (C=O) groups is 1. The van der Waals surface area contributed by atoms with Gasteiger partial charge in [-0.3, -0.25) is 4.79 Å². The largest absolute Gasteiger partial charge is 0.353 e. The molecule has 0 spiro atoms. The van der Waals surface area contributed by atoms with Crippen molar-refractivity contribution in [2.24, 2.45) is 0 Å². The van der Waals surface area contributed by atoms with Crippen molar-refractivity contribution in [1.82, 2.24) is 15.2 Å². The summed E-state index contributed by atoms with van der Waals surface area (Å²) in [5.41, 5.74) is 2.54. The number of fused-ring (bicyclic) bond motifs is 1. The average molecular weight is 285 g/mol. The Labute approximate surface area is 125 Å². The molecule has 1 amide bonds. The lowest BCUT2D eigenvalue weighted by atomic mass is 10.1. The van der Waals surface area contributed by atoms with Crippen molar-refractivity contribution in [1.29, 1.82) is 0 Å². The molecule has 0 bridgehead atoms. The lowest BCUT2D eigenvalue weighted by Crippen LogP contribution is -2.26. The summed E-state index contributed by atoms with van der Waals surface area (Å²) >= 11 is 0. The first-order valence-corrected chi connectivity index (χ1v) is 7.84. The van der Waals surface area contributed by atoms with Crippen LogP contribution in [0.5, 0.6) is 0 Å². The van der Waals surface area contributed by atoms with E-state index in [4.69, 9.17) is 0 Å². The van der Waals surface area contributed by atoms with Crippen molar-refractivity contribution in [3.63, 3.8) is 0 Å². The number of amides is 1. The zero-order chi connectivity index (χ0) is 14.7. The van der Waals surface area contributed by atoms with Gasteiger partial charge in [-0.2, -0.15) is 0 Å². The van der Waals surface area contributed by atoms with Gasteiger partial charge >= 0.3 is 0 Å². The molecular formula is C17H23N3O. The van der Waals surface area contributed by atoms with Crippen LogP contribution < -0.4 is 10.6 Å².